The maximum Gasteiger partial charge on any atom is 0.253 e. The van der Waals surface area contributed by atoms with E-state index in [4.69, 9.17) is 5.73 Å². The summed E-state index contributed by atoms with van der Waals surface area (Å²) < 4.78 is 12.9. The van der Waals surface area contributed by atoms with Crippen LogP contribution in [0.1, 0.15) is 36.0 Å². The molecule has 2 atom stereocenters. The van der Waals surface area contributed by atoms with Crippen LogP contribution in [0.4, 0.5) is 4.39 Å². The SMILES string of the molecule is N[C@@H]1CCCC[C@H]1NC(=O)c1cncc(F)c1. The second-order valence-electron chi connectivity index (χ2n) is 4.42. The molecule has 5 heteroatoms. The molecule has 1 fully saturated rings. The van der Waals surface area contributed by atoms with Crippen molar-refractivity contribution in [3.8, 4) is 0 Å². The van der Waals surface area contributed by atoms with Gasteiger partial charge >= 0.3 is 0 Å². The Kier molecular flexibility index (Phi) is 3.68. The van der Waals surface area contributed by atoms with Crippen molar-refractivity contribution in [1.29, 1.82) is 0 Å². The maximum absolute atomic E-state index is 12.9. The molecule has 0 saturated heterocycles. The van der Waals surface area contributed by atoms with Crippen LogP contribution in [0.15, 0.2) is 18.5 Å². The topological polar surface area (TPSA) is 68.0 Å². The second kappa shape index (κ2) is 5.23. The average Bonchev–Trinajstić information content (AvgIpc) is 2.32. The summed E-state index contributed by atoms with van der Waals surface area (Å²) in [6.07, 6.45) is 6.41. The third-order valence-corrected chi connectivity index (χ3v) is 3.10. The fourth-order valence-corrected chi connectivity index (χ4v) is 2.13. The van der Waals surface area contributed by atoms with Gasteiger partial charge in [-0.1, -0.05) is 12.8 Å². The Morgan fingerprint density at radius 3 is 2.88 bits per heavy atom. The van der Waals surface area contributed by atoms with Crippen LogP contribution in [-0.2, 0) is 0 Å². The standard InChI is InChI=1S/C12H16FN3O/c13-9-5-8(6-15-7-9)12(17)16-11-4-2-1-3-10(11)14/h5-7,10-11H,1-4,14H2,(H,16,17)/t10-,11-/m1/s1. The average molecular weight is 237 g/mol. The Morgan fingerprint density at radius 2 is 2.18 bits per heavy atom. The highest BCUT2D eigenvalue weighted by Gasteiger charge is 2.23. The normalized spacial score (nSPS) is 24.4. The fraction of sp³-hybridized carbons (Fsp3) is 0.500. The summed E-state index contributed by atoms with van der Waals surface area (Å²) >= 11 is 0. The number of halogens is 1. The van der Waals surface area contributed by atoms with Crippen LogP contribution in [-0.4, -0.2) is 23.0 Å². The van der Waals surface area contributed by atoms with E-state index in [-0.39, 0.29) is 23.6 Å². The molecule has 0 radical (unpaired) electrons. The molecule has 1 aliphatic carbocycles. The van der Waals surface area contributed by atoms with Crippen molar-refractivity contribution in [1.82, 2.24) is 10.3 Å². The number of carbonyl (C=O) groups is 1. The summed E-state index contributed by atoms with van der Waals surface area (Å²) in [5.41, 5.74) is 6.17. The van der Waals surface area contributed by atoms with Crippen LogP contribution >= 0.6 is 0 Å². The highest BCUT2D eigenvalue weighted by Crippen LogP contribution is 2.17. The molecular formula is C12H16FN3O. The molecule has 1 aromatic rings. The van der Waals surface area contributed by atoms with Gasteiger partial charge < -0.3 is 11.1 Å². The van der Waals surface area contributed by atoms with Crippen molar-refractivity contribution >= 4 is 5.91 Å². The minimum Gasteiger partial charge on any atom is -0.348 e. The van der Waals surface area contributed by atoms with Gasteiger partial charge in [-0.25, -0.2) is 4.39 Å². The van der Waals surface area contributed by atoms with Gasteiger partial charge in [-0.2, -0.15) is 0 Å². The Bertz CT molecular complexity index is 410. The minimum atomic E-state index is -0.509. The first-order chi connectivity index (χ1) is 8.16. The lowest BCUT2D eigenvalue weighted by atomic mass is 9.91. The molecule has 17 heavy (non-hydrogen) atoms. The smallest absolute Gasteiger partial charge is 0.253 e. The molecule has 92 valence electrons. The number of nitrogens with zero attached hydrogens (tertiary/aromatic N) is 1. The molecule has 3 N–H and O–H groups in total. The van der Waals surface area contributed by atoms with Gasteiger partial charge in [0.05, 0.1) is 11.8 Å². The Labute approximate surface area is 99.4 Å². The molecule has 0 unspecified atom stereocenters. The van der Waals surface area contributed by atoms with Gasteiger partial charge in [0.2, 0.25) is 0 Å². The van der Waals surface area contributed by atoms with Crippen molar-refractivity contribution in [2.75, 3.05) is 0 Å². The summed E-state index contributed by atoms with van der Waals surface area (Å²) in [5.74, 6) is -0.815. The predicted molar refractivity (Wildman–Crippen MR) is 61.9 cm³/mol. The van der Waals surface area contributed by atoms with Crippen molar-refractivity contribution in [3.05, 3.63) is 29.8 Å². The summed E-state index contributed by atoms with van der Waals surface area (Å²) in [6.45, 7) is 0. The summed E-state index contributed by atoms with van der Waals surface area (Å²) in [6, 6.07) is 1.16. The molecule has 1 aliphatic rings. The monoisotopic (exact) mass is 237 g/mol. The fourth-order valence-electron chi connectivity index (χ4n) is 2.13. The van der Waals surface area contributed by atoms with Crippen LogP contribution in [0.5, 0.6) is 0 Å². The molecule has 1 heterocycles. The van der Waals surface area contributed by atoms with E-state index >= 15 is 0 Å². The van der Waals surface area contributed by atoms with E-state index in [0.717, 1.165) is 31.9 Å². The number of aromatic nitrogens is 1. The first-order valence-electron chi connectivity index (χ1n) is 5.84. The largest absolute Gasteiger partial charge is 0.348 e. The zero-order valence-electron chi connectivity index (χ0n) is 9.53. The number of carbonyl (C=O) groups excluding carboxylic acids is 1. The second-order valence-corrected chi connectivity index (χ2v) is 4.42. The molecule has 0 spiro atoms. The molecule has 2 rings (SSSR count). The zero-order chi connectivity index (χ0) is 12.3. The lowest BCUT2D eigenvalue weighted by molar-refractivity contribution is 0.0920. The first-order valence-corrected chi connectivity index (χ1v) is 5.84. The number of pyridine rings is 1. The number of hydrogen-bond acceptors (Lipinski definition) is 3. The summed E-state index contributed by atoms with van der Waals surface area (Å²) in [7, 11) is 0. The zero-order valence-corrected chi connectivity index (χ0v) is 9.53. The van der Waals surface area contributed by atoms with Gasteiger partial charge in [0.1, 0.15) is 5.82 Å². The number of amides is 1. The van der Waals surface area contributed by atoms with Crippen LogP contribution in [0.2, 0.25) is 0 Å². The lowest BCUT2D eigenvalue weighted by Crippen LogP contribution is -2.49. The van der Waals surface area contributed by atoms with Gasteiger partial charge in [0, 0.05) is 18.3 Å². The Hall–Kier alpha value is -1.49. The van der Waals surface area contributed by atoms with Gasteiger partial charge in [0.15, 0.2) is 0 Å². The van der Waals surface area contributed by atoms with E-state index in [0.29, 0.717) is 0 Å². The van der Waals surface area contributed by atoms with Crippen LogP contribution < -0.4 is 11.1 Å². The molecule has 0 aromatic carbocycles. The molecule has 0 bridgehead atoms. The maximum atomic E-state index is 12.9. The van der Waals surface area contributed by atoms with Crippen LogP contribution in [0.25, 0.3) is 0 Å². The quantitative estimate of drug-likeness (QED) is 0.812. The molecule has 1 amide bonds. The van der Waals surface area contributed by atoms with E-state index in [2.05, 4.69) is 10.3 Å². The highest BCUT2D eigenvalue weighted by molar-refractivity contribution is 5.94. The van der Waals surface area contributed by atoms with E-state index in [1.165, 1.54) is 12.3 Å². The first kappa shape index (κ1) is 12.0. The van der Waals surface area contributed by atoms with E-state index in [9.17, 15) is 9.18 Å². The number of rotatable bonds is 2. The van der Waals surface area contributed by atoms with Gasteiger partial charge in [-0.05, 0) is 18.9 Å². The minimum absolute atomic E-state index is 0.00535. The van der Waals surface area contributed by atoms with Crippen molar-refractivity contribution < 1.29 is 9.18 Å². The van der Waals surface area contributed by atoms with Crippen LogP contribution in [0, 0.1) is 5.82 Å². The molecular weight excluding hydrogens is 221 g/mol. The van der Waals surface area contributed by atoms with Crippen molar-refractivity contribution in [2.45, 2.75) is 37.8 Å². The lowest BCUT2D eigenvalue weighted by Gasteiger charge is -2.29. The highest BCUT2D eigenvalue weighted by atomic mass is 19.1. The third-order valence-electron chi connectivity index (χ3n) is 3.10. The van der Waals surface area contributed by atoms with E-state index < -0.39 is 5.82 Å². The van der Waals surface area contributed by atoms with Gasteiger partial charge in [0.25, 0.3) is 5.91 Å². The Balaban J connectivity index is 2.01. The number of nitrogens with one attached hydrogen (secondary N) is 1. The van der Waals surface area contributed by atoms with E-state index in [1.54, 1.807) is 0 Å². The number of nitrogens with two attached hydrogens (primary N) is 1. The Morgan fingerprint density at radius 1 is 1.41 bits per heavy atom. The predicted octanol–water partition coefficient (Wildman–Crippen LogP) is 1.22. The van der Waals surface area contributed by atoms with E-state index in [1.807, 2.05) is 0 Å². The summed E-state index contributed by atoms with van der Waals surface area (Å²) in [4.78, 5) is 15.5. The third kappa shape index (κ3) is 3.00. The van der Waals surface area contributed by atoms with Crippen molar-refractivity contribution in [2.24, 2.45) is 5.73 Å². The summed E-state index contributed by atoms with van der Waals surface area (Å²) in [5, 5.41) is 2.84. The van der Waals surface area contributed by atoms with Gasteiger partial charge in [-0.3, -0.25) is 9.78 Å². The number of hydrogen-bond donors (Lipinski definition) is 2. The van der Waals surface area contributed by atoms with Crippen molar-refractivity contribution in [3.63, 3.8) is 0 Å². The molecule has 4 nitrogen and oxygen atoms in total. The molecule has 1 saturated carbocycles. The van der Waals surface area contributed by atoms with Gasteiger partial charge in [-0.15, -0.1) is 0 Å². The van der Waals surface area contributed by atoms with Crippen LogP contribution in [0.3, 0.4) is 0 Å². The molecule has 0 aliphatic heterocycles. The molecule has 1 aromatic heterocycles.